The number of methoxy groups -OCH3 is 3. The van der Waals surface area contributed by atoms with Gasteiger partial charge in [-0.15, -0.1) is 0 Å². The number of carbonyl (C=O) groups is 1. The number of esters is 1. The second-order valence-corrected chi connectivity index (χ2v) is 6.05. The fourth-order valence-corrected chi connectivity index (χ4v) is 2.49. The van der Waals surface area contributed by atoms with E-state index in [9.17, 15) is 4.79 Å². The van der Waals surface area contributed by atoms with Crippen LogP contribution in [-0.4, -0.2) is 40.5 Å². The molecule has 0 radical (unpaired) electrons. The van der Waals surface area contributed by atoms with Gasteiger partial charge in [0.15, 0.2) is 11.5 Å². The summed E-state index contributed by atoms with van der Waals surface area (Å²) in [5.41, 5.74) is 0.720. The maximum absolute atomic E-state index is 11.9. The number of hydrogen-bond donors (Lipinski definition) is 0. The molecule has 0 aromatic heterocycles. The number of rotatable bonds is 10. The van der Waals surface area contributed by atoms with Crippen LogP contribution in [0.15, 0.2) is 42.5 Å². The van der Waals surface area contributed by atoms with Crippen LogP contribution in [0.2, 0.25) is 5.02 Å². The number of carbonyl (C=O) groups excluding carboxylic acids is 1. The van der Waals surface area contributed by atoms with E-state index in [2.05, 4.69) is 0 Å². The van der Waals surface area contributed by atoms with E-state index in [1.807, 2.05) is 0 Å². The maximum Gasteiger partial charge on any atom is 0.330 e. The lowest BCUT2D eigenvalue weighted by molar-refractivity contribution is -0.137. The minimum atomic E-state index is -0.444. The van der Waals surface area contributed by atoms with Crippen LogP contribution >= 0.6 is 11.6 Å². The van der Waals surface area contributed by atoms with Gasteiger partial charge >= 0.3 is 5.97 Å². The molecule has 7 heteroatoms. The summed E-state index contributed by atoms with van der Waals surface area (Å²) in [6, 6.07) is 10.6. The van der Waals surface area contributed by atoms with E-state index in [1.54, 1.807) is 42.5 Å². The van der Waals surface area contributed by atoms with Gasteiger partial charge in [0, 0.05) is 17.5 Å². The molecular formula is C21H23ClO6. The Hall–Kier alpha value is -2.86. The molecule has 0 atom stereocenters. The minimum Gasteiger partial charge on any atom is -0.493 e. The monoisotopic (exact) mass is 406 g/mol. The van der Waals surface area contributed by atoms with E-state index >= 15 is 0 Å². The van der Waals surface area contributed by atoms with Crippen molar-refractivity contribution in [2.24, 2.45) is 0 Å². The van der Waals surface area contributed by atoms with Crippen molar-refractivity contribution in [2.45, 2.75) is 6.42 Å². The van der Waals surface area contributed by atoms with Gasteiger partial charge in [-0.3, -0.25) is 0 Å². The highest BCUT2D eigenvalue weighted by Gasteiger charge is 2.12. The topological polar surface area (TPSA) is 63.2 Å². The number of halogens is 1. The summed E-state index contributed by atoms with van der Waals surface area (Å²) in [6.45, 7) is 0.692. The Morgan fingerprint density at radius 1 is 0.964 bits per heavy atom. The second-order valence-electron chi connectivity index (χ2n) is 5.62. The van der Waals surface area contributed by atoms with Gasteiger partial charge in [-0.2, -0.15) is 0 Å². The van der Waals surface area contributed by atoms with Gasteiger partial charge in [-0.1, -0.05) is 11.6 Å². The Balaban J connectivity index is 1.80. The number of ether oxygens (including phenoxy) is 5. The third kappa shape index (κ3) is 6.39. The van der Waals surface area contributed by atoms with E-state index in [4.69, 9.17) is 35.3 Å². The van der Waals surface area contributed by atoms with Gasteiger partial charge in [-0.25, -0.2) is 4.79 Å². The molecule has 0 saturated carbocycles. The molecule has 0 spiro atoms. The molecule has 0 aliphatic carbocycles. The van der Waals surface area contributed by atoms with Crippen LogP contribution in [0.5, 0.6) is 23.0 Å². The van der Waals surface area contributed by atoms with Crippen molar-refractivity contribution in [1.82, 2.24) is 0 Å². The molecule has 0 aliphatic rings. The van der Waals surface area contributed by atoms with Gasteiger partial charge in [0.1, 0.15) is 5.75 Å². The predicted molar refractivity (Wildman–Crippen MR) is 108 cm³/mol. The summed E-state index contributed by atoms with van der Waals surface area (Å²) < 4.78 is 26.5. The fraction of sp³-hybridized carbons (Fsp3) is 0.286. The summed E-state index contributed by atoms with van der Waals surface area (Å²) in [6.07, 6.45) is 3.55. The molecule has 2 aromatic carbocycles. The Morgan fingerprint density at radius 3 is 2.18 bits per heavy atom. The van der Waals surface area contributed by atoms with E-state index in [0.717, 1.165) is 11.3 Å². The average Bonchev–Trinajstić information content (AvgIpc) is 2.72. The van der Waals surface area contributed by atoms with Crippen molar-refractivity contribution in [1.29, 1.82) is 0 Å². The lowest BCUT2D eigenvalue weighted by atomic mass is 10.1. The molecular weight excluding hydrogens is 384 g/mol. The summed E-state index contributed by atoms with van der Waals surface area (Å²) in [5, 5.41) is 0.653. The summed E-state index contributed by atoms with van der Waals surface area (Å²) >= 11 is 5.81. The van der Waals surface area contributed by atoms with Crippen molar-refractivity contribution in [3.63, 3.8) is 0 Å². The first-order valence-corrected chi connectivity index (χ1v) is 8.98. The molecule has 0 saturated heterocycles. The minimum absolute atomic E-state index is 0.256. The Morgan fingerprint density at radius 2 is 1.61 bits per heavy atom. The molecule has 0 heterocycles. The molecule has 0 unspecified atom stereocenters. The first-order chi connectivity index (χ1) is 13.6. The average molecular weight is 407 g/mol. The van der Waals surface area contributed by atoms with E-state index in [0.29, 0.717) is 35.3 Å². The van der Waals surface area contributed by atoms with Crippen LogP contribution < -0.4 is 18.9 Å². The molecule has 150 valence electrons. The zero-order chi connectivity index (χ0) is 20.4. The molecule has 0 fully saturated rings. The maximum atomic E-state index is 11.9. The van der Waals surface area contributed by atoms with Crippen LogP contribution in [0.3, 0.4) is 0 Å². The van der Waals surface area contributed by atoms with Crippen molar-refractivity contribution in [2.75, 3.05) is 34.5 Å². The SMILES string of the molecule is COc1cc(/C=C/C(=O)OCCCOc2ccc(Cl)cc2)cc(OC)c1OC. The molecule has 2 rings (SSSR count). The van der Waals surface area contributed by atoms with Crippen molar-refractivity contribution < 1.29 is 28.5 Å². The third-order valence-corrected chi connectivity index (χ3v) is 3.97. The summed E-state index contributed by atoms with van der Waals surface area (Å²) in [4.78, 5) is 11.9. The lowest BCUT2D eigenvalue weighted by Gasteiger charge is -2.12. The Labute approximate surface area is 169 Å². The van der Waals surface area contributed by atoms with Crippen molar-refractivity contribution in [3.05, 3.63) is 53.1 Å². The highest BCUT2D eigenvalue weighted by atomic mass is 35.5. The van der Waals surface area contributed by atoms with E-state index in [-0.39, 0.29) is 6.61 Å². The molecule has 0 aliphatic heterocycles. The van der Waals surface area contributed by atoms with Crippen molar-refractivity contribution >= 4 is 23.6 Å². The van der Waals surface area contributed by atoms with Gasteiger partial charge in [0.05, 0.1) is 34.5 Å². The smallest absolute Gasteiger partial charge is 0.330 e. The van der Waals surface area contributed by atoms with Gasteiger partial charge in [-0.05, 0) is 48.0 Å². The molecule has 28 heavy (non-hydrogen) atoms. The molecule has 0 amide bonds. The molecule has 2 aromatic rings. The van der Waals surface area contributed by atoms with Gasteiger partial charge in [0.25, 0.3) is 0 Å². The molecule has 0 bridgehead atoms. The van der Waals surface area contributed by atoms with E-state index in [1.165, 1.54) is 27.4 Å². The normalized spacial score (nSPS) is 10.6. The first-order valence-electron chi connectivity index (χ1n) is 8.60. The Kier molecular flexibility index (Phi) is 8.49. The third-order valence-electron chi connectivity index (χ3n) is 3.71. The predicted octanol–water partition coefficient (Wildman–Crippen LogP) is 4.39. The summed E-state index contributed by atoms with van der Waals surface area (Å²) in [7, 11) is 4.60. The molecule has 0 N–H and O–H groups in total. The quantitative estimate of drug-likeness (QED) is 0.331. The van der Waals surface area contributed by atoms with Crippen LogP contribution in [0, 0.1) is 0 Å². The lowest BCUT2D eigenvalue weighted by Crippen LogP contribution is -2.06. The van der Waals surface area contributed by atoms with Gasteiger partial charge < -0.3 is 23.7 Å². The standard InChI is InChI=1S/C21H23ClO6/c1-24-18-13-15(14-19(25-2)21(18)26-3)5-10-20(23)28-12-4-11-27-17-8-6-16(22)7-9-17/h5-10,13-14H,4,11-12H2,1-3H3/b10-5+. The number of hydrogen-bond acceptors (Lipinski definition) is 6. The zero-order valence-corrected chi connectivity index (χ0v) is 16.8. The highest BCUT2D eigenvalue weighted by molar-refractivity contribution is 6.30. The largest absolute Gasteiger partial charge is 0.493 e. The highest BCUT2D eigenvalue weighted by Crippen LogP contribution is 2.38. The number of benzene rings is 2. The fourth-order valence-electron chi connectivity index (χ4n) is 2.36. The van der Waals surface area contributed by atoms with Crippen LogP contribution in [-0.2, 0) is 9.53 Å². The molecule has 6 nitrogen and oxygen atoms in total. The first kappa shape index (κ1) is 21.4. The van der Waals surface area contributed by atoms with Gasteiger partial charge in [0.2, 0.25) is 5.75 Å². The summed E-state index contributed by atoms with van der Waals surface area (Å²) in [5.74, 6) is 1.78. The second kappa shape index (κ2) is 11.1. The zero-order valence-electron chi connectivity index (χ0n) is 16.1. The Bertz CT molecular complexity index is 776. The van der Waals surface area contributed by atoms with Crippen LogP contribution in [0.1, 0.15) is 12.0 Å². The van der Waals surface area contributed by atoms with Crippen LogP contribution in [0.4, 0.5) is 0 Å². The van der Waals surface area contributed by atoms with Crippen LogP contribution in [0.25, 0.3) is 6.08 Å². The van der Waals surface area contributed by atoms with E-state index < -0.39 is 5.97 Å². The van der Waals surface area contributed by atoms with Crippen molar-refractivity contribution in [3.8, 4) is 23.0 Å².